The maximum atomic E-state index is 9.75. The highest BCUT2D eigenvalue weighted by atomic mass is 16.3. The minimum absolute atomic E-state index is 0.117. The molecular formula is C12H15NO. The quantitative estimate of drug-likeness (QED) is 0.673. The van der Waals surface area contributed by atoms with Gasteiger partial charge in [0.1, 0.15) is 0 Å². The van der Waals surface area contributed by atoms with Gasteiger partial charge in [0.25, 0.3) is 0 Å². The molecule has 2 aliphatic heterocycles. The van der Waals surface area contributed by atoms with Crippen molar-refractivity contribution in [2.24, 2.45) is 0 Å². The van der Waals surface area contributed by atoms with Crippen molar-refractivity contribution in [3.8, 4) is 0 Å². The van der Waals surface area contributed by atoms with Gasteiger partial charge < -0.3 is 5.11 Å². The number of fused-ring (bicyclic) bond motifs is 5. The highest BCUT2D eigenvalue weighted by Crippen LogP contribution is 2.49. The molecular weight excluding hydrogens is 174 g/mol. The second-order valence-electron chi connectivity index (χ2n) is 4.45. The first-order valence-electron chi connectivity index (χ1n) is 5.26. The van der Waals surface area contributed by atoms with Crippen LogP contribution in [0.4, 0.5) is 0 Å². The van der Waals surface area contributed by atoms with E-state index in [4.69, 9.17) is 0 Å². The van der Waals surface area contributed by atoms with E-state index in [1.807, 2.05) is 0 Å². The summed E-state index contributed by atoms with van der Waals surface area (Å²) in [5, 5.41) is 9.75. The maximum Gasteiger partial charge on any atom is 0.0576 e. The van der Waals surface area contributed by atoms with Crippen LogP contribution in [-0.2, 0) is 0 Å². The minimum atomic E-state index is -0.117. The van der Waals surface area contributed by atoms with Crippen LogP contribution < -0.4 is 0 Å². The third kappa shape index (κ3) is 0.983. The summed E-state index contributed by atoms with van der Waals surface area (Å²) in [7, 11) is 2.17. The molecule has 1 aromatic carbocycles. The summed E-state index contributed by atoms with van der Waals surface area (Å²) in [6, 6.07) is 9.49. The van der Waals surface area contributed by atoms with Crippen molar-refractivity contribution in [1.82, 2.24) is 4.90 Å². The number of aliphatic hydroxyl groups is 1. The van der Waals surface area contributed by atoms with E-state index in [0.717, 1.165) is 12.8 Å². The smallest absolute Gasteiger partial charge is 0.0576 e. The Morgan fingerprint density at radius 3 is 2.14 bits per heavy atom. The van der Waals surface area contributed by atoms with Crippen LogP contribution in [0, 0.1) is 0 Å². The van der Waals surface area contributed by atoms with Crippen LogP contribution in [0.15, 0.2) is 24.3 Å². The Morgan fingerprint density at radius 1 is 1.14 bits per heavy atom. The van der Waals surface area contributed by atoms with Gasteiger partial charge in [0.05, 0.1) is 6.10 Å². The summed E-state index contributed by atoms with van der Waals surface area (Å²) >= 11 is 0. The molecule has 1 aromatic rings. The van der Waals surface area contributed by atoms with E-state index < -0.39 is 0 Å². The summed E-state index contributed by atoms with van der Waals surface area (Å²) in [6.07, 6.45) is 1.67. The molecule has 2 bridgehead atoms. The van der Waals surface area contributed by atoms with Gasteiger partial charge in [0, 0.05) is 12.1 Å². The molecule has 14 heavy (non-hydrogen) atoms. The highest BCUT2D eigenvalue weighted by molar-refractivity contribution is 5.38. The van der Waals surface area contributed by atoms with Crippen molar-refractivity contribution in [1.29, 1.82) is 0 Å². The topological polar surface area (TPSA) is 23.5 Å². The van der Waals surface area contributed by atoms with Gasteiger partial charge in [0.2, 0.25) is 0 Å². The fourth-order valence-corrected chi connectivity index (χ4v) is 2.97. The Hall–Kier alpha value is -0.860. The van der Waals surface area contributed by atoms with Gasteiger partial charge in [-0.15, -0.1) is 0 Å². The van der Waals surface area contributed by atoms with E-state index in [0.29, 0.717) is 12.1 Å². The van der Waals surface area contributed by atoms with Crippen LogP contribution in [0.1, 0.15) is 36.1 Å². The summed E-state index contributed by atoms with van der Waals surface area (Å²) in [5.74, 6) is 0. The lowest BCUT2D eigenvalue weighted by Gasteiger charge is -2.34. The summed E-state index contributed by atoms with van der Waals surface area (Å²) in [5.41, 5.74) is 2.85. The molecule has 1 saturated heterocycles. The monoisotopic (exact) mass is 189 g/mol. The molecule has 74 valence electrons. The third-order valence-corrected chi connectivity index (χ3v) is 3.69. The van der Waals surface area contributed by atoms with Crippen molar-refractivity contribution in [3.05, 3.63) is 35.4 Å². The first-order chi connectivity index (χ1) is 6.77. The molecule has 1 fully saturated rings. The molecule has 0 aromatic heterocycles. The van der Waals surface area contributed by atoms with Crippen LogP contribution in [0.5, 0.6) is 0 Å². The van der Waals surface area contributed by atoms with Gasteiger partial charge >= 0.3 is 0 Å². The van der Waals surface area contributed by atoms with E-state index in [1.165, 1.54) is 11.1 Å². The Morgan fingerprint density at radius 2 is 1.64 bits per heavy atom. The van der Waals surface area contributed by atoms with Crippen molar-refractivity contribution in [2.45, 2.75) is 31.0 Å². The molecule has 3 rings (SSSR count). The van der Waals surface area contributed by atoms with E-state index >= 15 is 0 Å². The number of aliphatic hydroxyl groups excluding tert-OH is 1. The number of rotatable bonds is 0. The van der Waals surface area contributed by atoms with Crippen LogP contribution >= 0.6 is 0 Å². The molecule has 2 unspecified atom stereocenters. The predicted molar refractivity (Wildman–Crippen MR) is 54.9 cm³/mol. The van der Waals surface area contributed by atoms with Crippen molar-refractivity contribution < 1.29 is 5.11 Å². The Labute approximate surface area is 84.2 Å². The number of nitrogens with zero attached hydrogens (tertiary/aromatic N) is 1. The largest absolute Gasteiger partial charge is 0.393 e. The fourth-order valence-electron chi connectivity index (χ4n) is 2.97. The standard InChI is InChI=1S/C12H15NO/c1-13-11-6-8(14)7-12(13)10-5-3-2-4-9(10)11/h2-5,8,11-12,14H,6-7H2,1H3. The van der Waals surface area contributed by atoms with E-state index in [1.54, 1.807) is 0 Å². The minimum Gasteiger partial charge on any atom is -0.393 e. The fraction of sp³-hybridized carbons (Fsp3) is 0.500. The Bertz CT molecular complexity index is 330. The molecule has 1 N–H and O–H groups in total. The highest BCUT2D eigenvalue weighted by Gasteiger charge is 2.41. The third-order valence-electron chi connectivity index (χ3n) is 3.69. The number of benzene rings is 1. The molecule has 0 aliphatic carbocycles. The molecule has 2 heteroatoms. The summed E-state index contributed by atoms with van der Waals surface area (Å²) in [4.78, 5) is 2.40. The first-order valence-corrected chi connectivity index (χ1v) is 5.26. The van der Waals surface area contributed by atoms with E-state index in [-0.39, 0.29) is 6.10 Å². The average Bonchev–Trinajstić information content (AvgIpc) is 2.37. The van der Waals surface area contributed by atoms with E-state index in [9.17, 15) is 5.11 Å². The van der Waals surface area contributed by atoms with Gasteiger partial charge in [-0.25, -0.2) is 0 Å². The normalized spacial score (nSPS) is 35.7. The lowest BCUT2D eigenvalue weighted by atomic mass is 9.99. The number of piperidine rings is 1. The SMILES string of the molecule is CN1C2CC(O)CC1c1ccccc12. The molecule has 2 aliphatic rings. The second kappa shape index (κ2) is 2.81. The second-order valence-corrected chi connectivity index (χ2v) is 4.45. The molecule has 0 radical (unpaired) electrons. The van der Waals surface area contributed by atoms with E-state index in [2.05, 4.69) is 36.2 Å². The van der Waals surface area contributed by atoms with Crippen molar-refractivity contribution in [3.63, 3.8) is 0 Å². The lowest BCUT2D eigenvalue weighted by molar-refractivity contribution is 0.0309. The molecule has 0 spiro atoms. The molecule has 2 nitrogen and oxygen atoms in total. The maximum absolute atomic E-state index is 9.75. The lowest BCUT2D eigenvalue weighted by Crippen LogP contribution is -2.32. The average molecular weight is 189 g/mol. The van der Waals surface area contributed by atoms with Gasteiger partial charge in [-0.3, -0.25) is 4.90 Å². The zero-order valence-corrected chi connectivity index (χ0v) is 8.35. The number of hydrogen-bond acceptors (Lipinski definition) is 2. The van der Waals surface area contributed by atoms with Crippen LogP contribution in [-0.4, -0.2) is 23.2 Å². The Balaban J connectivity index is 2.12. The van der Waals surface area contributed by atoms with Gasteiger partial charge in [0.15, 0.2) is 0 Å². The number of hydrogen-bond donors (Lipinski definition) is 1. The molecule has 0 amide bonds. The summed E-state index contributed by atoms with van der Waals surface area (Å²) in [6.45, 7) is 0. The molecule has 0 saturated carbocycles. The van der Waals surface area contributed by atoms with Crippen molar-refractivity contribution in [2.75, 3.05) is 7.05 Å². The predicted octanol–water partition coefficient (Wildman–Crippen LogP) is 1.87. The van der Waals surface area contributed by atoms with Gasteiger partial charge in [-0.1, -0.05) is 24.3 Å². The molecule has 2 atom stereocenters. The molecule has 2 heterocycles. The summed E-state index contributed by atoms with van der Waals surface area (Å²) < 4.78 is 0. The van der Waals surface area contributed by atoms with Crippen LogP contribution in [0.3, 0.4) is 0 Å². The Kier molecular flexibility index (Phi) is 1.70. The zero-order valence-electron chi connectivity index (χ0n) is 8.35. The van der Waals surface area contributed by atoms with Gasteiger partial charge in [-0.05, 0) is 31.0 Å². The van der Waals surface area contributed by atoms with Crippen LogP contribution in [0.2, 0.25) is 0 Å². The van der Waals surface area contributed by atoms with Crippen LogP contribution in [0.25, 0.3) is 0 Å². The van der Waals surface area contributed by atoms with Crippen molar-refractivity contribution >= 4 is 0 Å². The van der Waals surface area contributed by atoms with Gasteiger partial charge in [-0.2, -0.15) is 0 Å². The zero-order chi connectivity index (χ0) is 9.71. The first kappa shape index (κ1) is 8.45.